The molecule has 5 rings (SSSR count). The van der Waals surface area contributed by atoms with E-state index in [0.717, 1.165) is 34.2 Å². The first kappa shape index (κ1) is 21.2. The van der Waals surface area contributed by atoms with Crippen molar-refractivity contribution >= 4 is 23.1 Å². The minimum Gasteiger partial charge on any atom is -0.362 e. The number of amides is 2. The molecule has 0 spiro atoms. The molecule has 166 valence electrons. The van der Waals surface area contributed by atoms with Gasteiger partial charge in [-0.3, -0.25) is 9.59 Å². The summed E-state index contributed by atoms with van der Waals surface area (Å²) in [5.74, 6) is -0.490. The summed E-state index contributed by atoms with van der Waals surface area (Å²) in [6.07, 6.45) is 0.852. The van der Waals surface area contributed by atoms with Crippen LogP contribution in [-0.2, 0) is 22.6 Å². The van der Waals surface area contributed by atoms with Crippen LogP contribution in [0.4, 0.5) is 5.69 Å². The average molecular weight is 437 g/mol. The van der Waals surface area contributed by atoms with Gasteiger partial charge in [0, 0.05) is 13.1 Å². The van der Waals surface area contributed by atoms with Crippen molar-refractivity contribution < 1.29 is 9.59 Å². The van der Waals surface area contributed by atoms with Crippen molar-refractivity contribution in [3.63, 3.8) is 0 Å². The Bertz CT molecular complexity index is 1340. The van der Waals surface area contributed by atoms with Gasteiger partial charge in [0.15, 0.2) is 0 Å². The summed E-state index contributed by atoms with van der Waals surface area (Å²) in [5, 5.41) is 0. The quantitative estimate of drug-likeness (QED) is 0.526. The summed E-state index contributed by atoms with van der Waals surface area (Å²) in [6, 6.07) is 20.1. The highest BCUT2D eigenvalue weighted by Gasteiger charge is 2.43. The van der Waals surface area contributed by atoms with E-state index < -0.39 is 0 Å². The first-order valence-corrected chi connectivity index (χ1v) is 11.4. The zero-order valence-corrected chi connectivity index (χ0v) is 19.6. The highest BCUT2D eigenvalue weighted by molar-refractivity contribution is 6.45. The summed E-state index contributed by atoms with van der Waals surface area (Å²) < 4.78 is 0. The van der Waals surface area contributed by atoms with E-state index in [1.807, 2.05) is 63.2 Å². The molecule has 0 saturated heterocycles. The van der Waals surface area contributed by atoms with Crippen molar-refractivity contribution in [1.29, 1.82) is 0 Å². The average Bonchev–Trinajstić information content (AvgIpc) is 3.07. The molecule has 3 aromatic carbocycles. The van der Waals surface area contributed by atoms with Gasteiger partial charge >= 0.3 is 0 Å². The van der Waals surface area contributed by atoms with Crippen LogP contribution >= 0.6 is 0 Å². The van der Waals surface area contributed by atoms with Crippen LogP contribution in [0.2, 0.25) is 0 Å². The molecule has 0 fully saturated rings. The van der Waals surface area contributed by atoms with E-state index in [2.05, 4.69) is 30.0 Å². The third kappa shape index (κ3) is 3.56. The molecule has 4 heteroatoms. The molecule has 0 N–H and O–H groups in total. The molecule has 0 aromatic heterocycles. The monoisotopic (exact) mass is 436 g/mol. The van der Waals surface area contributed by atoms with Crippen molar-refractivity contribution in [1.82, 2.24) is 4.90 Å². The van der Waals surface area contributed by atoms with Gasteiger partial charge in [-0.15, -0.1) is 0 Å². The molecule has 0 aliphatic carbocycles. The zero-order chi connectivity index (χ0) is 23.3. The number of carbonyl (C=O) groups excluding carboxylic acids is 2. The second kappa shape index (κ2) is 8.04. The minimum absolute atomic E-state index is 0.240. The highest BCUT2D eigenvalue weighted by atomic mass is 16.2. The van der Waals surface area contributed by atoms with Gasteiger partial charge in [-0.1, -0.05) is 48.5 Å². The molecule has 2 amide bonds. The molecule has 2 aliphatic heterocycles. The van der Waals surface area contributed by atoms with Gasteiger partial charge in [0.25, 0.3) is 11.8 Å². The molecular weight excluding hydrogens is 408 g/mol. The standard InChI is InChI=1S/C29H28N2O2/c1-18-9-11-23(15-20(18)3)26-27(30-14-13-22-7-5-6-8-24(22)17-30)29(33)31(28(26)32)25-12-10-19(2)21(4)16-25/h5-12,15-16H,13-14,17H2,1-4H3. The smallest absolute Gasteiger partial charge is 0.282 e. The number of nitrogens with zero attached hydrogens (tertiary/aromatic N) is 2. The summed E-state index contributed by atoms with van der Waals surface area (Å²) in [5.41, 5.74) is 9.42. The van der Waals surface area contributed by atoms with E-state index >= 15 is 0 Å². The van der Waals surface area contributed by atoms with Gasteiger partial charge in [-0.25, -0.2) is 4.90 Å². The largest absolute Gasteiger partial charge is 0.362 e. The van der Waals surface area contributed by atoms with Crippen LogP contribution in [-0.4, -0.2) is 23.3 Å². The lowest BCUT2D eigenvalue weighted by atomic mass is 9.96. The minimum atomic E-state index is -0.250. The maximum Gasteiger partial charge on any atom is 0.282 e. The zero-order valence-electron chi connectivity index (χ0n) is 19.6. The van der Waals surface area contributed by atoms with Crippen molar-refractivity contribution in [2.75, 3.05) is 11.4 Å². The van der Waals surface area contributed by atoms with Gasteiger partial charge in [-0.05, 0) is 85.2 Å². The third-order valence-corrected chi connectivity index (χ3v) is 7.05. The van der Waals surface area contributed by atoms with Crippen molar-refractivity contribution in [2.45, 2.75) is 40.7 Å². The number of rotatable bonds is 3. The Labute approximate surface area is 195 Å². The number of carbonyl (C=O) groups is 2. The fraction of sp³-hybridized carbons (Fsp3) is 0.241. The predicted octanol–water partition coefficient (Wildman–Crippen LogP) is 5.26. The molecule has 3 aromatic rings. The normalized spacial score (nSPS) is 16.0. The maximum absolute atomic E-state index is 13.9. The van der Waals surface area contributed by atoms with Gasteiger partial charge in [-0.2, -0.15) is 0 Å². The molecule has 0 saturated carbocycles. The lowest BCUT2D eigenvalue weighted by Gasteiger charge is -2.31. The van der Waals surface area contributed by atoms with Crippen molar-refractivity contribution in [3.05, 3.63) is 105 Å². The van der Waals surface area contributed by atoms with Gasteiger partial charge in [0.1, 0.15) is 5.70 Å². The van der Waals surface area contributed by atoms with E-state index in [1.165, 1.54) is 16.0 Å². The summed E-state index contributed by atoms with van der Waals surface area (Å²) >= 11 is 0. The third-order valence-electron chi connectivity index (χ3n) is 7.05. The maximum atomic E-state index is 13.9. The Kier molecular flexibility index (Phi) is 5.16. The van der Waals surface area contributed by atoms with Crippen LogP contribution in [0.25, 0.3) is 5.57 Å². The number of hydrogen-bond acceptors (Lipinski definition) is 3. The lowest BCUT2D eigenvalue weighted by molar-refractivity contribution is -0.120. The molecule has 2 aliphatic rings. The van der Waals surface area contributed by atoms with Crippen LogP contribution in [0, 0.1) is 27.7 Å². The van der Waals surface area contributed by atoms with Crippen LogP contribution < -0.4 is 4.90 Å². The number of hydrogen-bond donors (Lipinski definition) is 0. The fourth-order valence-electron chi connectivity index (χ4n) is 4.75. The molecule has 0 radical (unpaired) electrons. The first-order chi connectivity index (χ1) is 15.8. The first-order valence-electron chi connectivity index (χ1n) is 11.4. The SMILES string of the molecule is Cc1ccc(C2=C(N3CCc4ccccc4C3)C(=O)N(c3ccc(C)c(C)c3)C2=O)cc1C. The Morgan fingerprint density at radius 2 is 1.36 bits per heavy atom. The highest BCUT2D eigenvalue weighted by Crippen LogP contribution is 2.37. The molecular formula is C29H28N2O2. The molecule has 4 nitrogen and oxygen atoms in total. The molecule has 0 bridgehead atoms. The van der Waals surface area contributed by atoms with Gasteiger partial charge in [0.05, 0.1) is 11.3 Å². The summed E-state index contributed by atoms with van der Waals surface area (Å²) in [7, 11) is 0. The second-order valence-corrected chi connectivity index (χ2v) is 9.18. The lowest BCUT2D eigenvalue weighted by Crippen LogP contribution is -2.37. The van der Waals surface area contributed by atoms with E-state index in [1.54, 1.807) is 0 Å². The number of imide groups is 1. The molecule has 0 unspecified atom stereocenters. The fourth-order valence-corrected chi connectivity index (χ4v) is 4.75. The van der Waals surface area contributed by atoms with E-state index in [0.29, 0.717) is 30.0 Å². The van der Waals surface area contributed by atoms with Crippen LogP contribution in [0.1, 0.15) is 38.9 Å². The summed E-state index contributed by atoms with van der Waals surface area (Å²) in [6.45, 7) is 9.46. The van der Waals surface area contributed by atoms with E-state index in [-0.39, 0.29) is 11.8 Å². The number of fused-ring (bicyclic) bond motifs is 1. The van der Waals surface area contributed by atoms with Crippen LogP contribution in [0.15, 0.2) is 66.4 Å². The predicted molar refractivity (Wildman–Crippen MR) is 132 cm³/mol. The number of benzene rings is 3. The van der Waals surface area contributed by atoms with Crippen LogP contribution in [0.3, 0.4) is 0 Å². The molecule has 33 heavy (non-hydrogen) atoms. The summed E-state index contributed by atoms with van der Waals surface area (Å²) in [4.78, 5) is 31.1. The Morgan fingerprint density at radius 3 is 2.06 bits per heavy atom. The van der Waals surface area contributed by atoms with Gasteiger partial charge in [0.2, 0.25) is 0 Å². The number of anilines is 1. The molecule has 0 atom stereocenters. The Balaban J connectivity index is 1.64. The number of aryl methyl sites for hydroxylation is 4. The second-order valence-electron chi connectivity index (χ2n) is 9.18. The Morgan fingerprint density at radius 1 is 0.697 bits per heavy atom. The van der Waals surface area contributed by atoms with E-state index in [4.69, 9.17) is 0 Å². The Hall–Kier alpha value is -3.66. The van der Waals surface area contributed by atoms with E-state index in [9.17, 15) is 9.59 Å². The van der Waals surface area contributed by atoms with Gasteiger partial charge < -0.3 is 4.90 Å². The van der Waals surface area contributed by atoms with Crippen LogP contribution in [0.5, 0.6) is 0 Å². The topological polar surface area (TPSA) is 40.6 Å². The molecule has 2 heterocycles. The van der Waals surface area contributed by atoms with Crippen molar-refractivity contribution in [2.24, 2.45) is 0 Å². The van der Waals surface area contributed by atoms with Crippen molar-refractivity contribution in [3.8, 4) is 0 Å².